The predicted molar refractivity (Wildman–Crippen MR) is 58.2 cm³/mol. The first kappa shape index (κ1) is 11.3. The molecule has 84 valence electrons. The molecule has 0 bridgehead atoms. The minimum absolute atomic E-state index is 0.0587. The van der Waals surface area contributed by atoms with E-state index in [-0.39, 0.29) is 22.5 Å². The van der Waals surface area contributed by atoms with Gasteiger partial charge in [0, 0.05) is 12.3 Å². The van der Waals surface area contributed by atoms with E-state index in [9.17, 15) is 4.39 Å². The second-order valence-electron chi connectivity index (χ2n) is 3.01. The maximum atomic E-state index is 13.0. The van der Waals surface area contributed by atoms with Crippen LogP contribution in [0.5, 0.6) is 11.8 Å². The highest BCUT2D eigenvalue weighted by molar-refractivity contribution is 6.32. The van der Waals surface area contributed by atoms with Crippen molar-refractivity contribution in [3.8, 4) is 17.8 Å². The molecule has 0 radical (unpaired) electrons. The van der Waals surface area contributed by atoms with Crippen molar-refractivity contribution in [2.45, 2.75) is 0 Å². The average molecular weight is 250 g/mol. The maximum Gasteiger partial charge on any atom is 0.323 e. The van der Waals surface area contributed by atoms with Gasteiger partial charge in [-0.3, -0.25) is 0 Å². The third-order valence-electron chi connectivity index (χ3n) is 1.84. The first-order valence-electron chi connectivity index (χ1n) is 4.55. The Bertz CT molecular complexity index is 598. The Kier molecular flexibility index (Phi) is 3.17. The van der Waals surface area contributed by atoms with Gasteiger partial charge >= 0.3 is 6.01 Å². The second-order valence-corrected chi connectivity index (χ2v) is 3.42. The van der Waals surface area contributed by atoms with Crippen LogP contribution < -0.4 is 4.74 Å². The van der Waals surface area contributed by atoms with Crippen LogP contribution in [0.3, 0.4) is 0 Å². The van der Waals surface area contributed by atoms with Crippen molar-refractivity contribution in [3.05, 3.63) is 47.0 Å². The molecule has 0 aliphatic carbocycles. The third kappa shape index (κ3) is 2.68. The Morgan fingerprint density at radius 3 is 2.94 bits per heavy atom. The second kappa shape index (κ2) is 4.76. The average Bonchev–Trinajstić information content (AvgIpc) is 2.34. The summed E-state index contributed by atoms with van der Waals surface area (Å²) in [7, 11) is 0. The Hall–Kier alpha value is -2.19. The zero-order valence-electron chi connectivity index (χ0n) is 8.39. The van der Waals surface area contributed by atoms with E-state index in [1.165, 1.54) is 24.4 Å². The molecular weight excluding hydrogens is 245 g/mol. The van der Waals surface area contributed by atoms with Gasteiger partial charge in [0.25, 0.3) is 0 Å². The molecule has 1 aromatic heterocycles. The molecule has 0 unspecified atom stereocenters. The monoisotopic (exact) mass is 249 g/mol. The molecule has 1 heterocycles. The molecule has 0 atom stereocenters. The van der Waals surface area contributed by atoms with Gasteiger partial charge in [-0.15, -0.1) is 0 Å². The van der Waals surface area contributed by atoms with Gasteiger partial charge in [0.1, 0.15) is 17.6 Å². The molecule has 2 rings (SSSR count). The number of nitrogens with zero attached hydrogens (tertiary/aromatic N) is 3. The van der Waals surface area contributed by atoms with Crippen LogP contribution in [0.4, 0.5) is 4.39 Å². The van der Waals surface area contributed by atoms with Crippen LogP contribution in [-0.2, 0) is 0 Å². The number of rotatable bonds is 2. The van der Waals surface area contributed by atoms with Crippen LogP contribution in [-0.4, -0.2) is 9.97 Å². The molecule has 0 N–H and O–H groups in total. The van der Waals surface area contributed by atoms with E-state index in [4.69, 9.17) is 21.6 Å². The van der Waals surface area contributed by atoms with Crippen molar-refractivity contribution in [2.75, 3.05) is 0 Å². The van der Waals surface area contributed by atoms with Gasteiger partial charge in [-0.2, -0.15) is 10.2 Å². The first-order chi connectivity index (χ1) is 8.19. The molecule has 0 aliphatic rings. The fourth-order valence-corrected chi connectivity index (χ4v) is 1.26. The normalized spacial score (nSPS) is 9.71. The largest absolute Gasteiger partial charge is 0.423 e. The smallest absolute Gasteiger partial charge is 0.323 e. The molecular formula is C11H5ClFN3O. The third-order valence-corrected chi connectivity index (χ3v) is 2.15. The molecule has 6 heteroatoms. The minimum Gasteiger partial charge on any atom is -0.423 e. The highest BCUT2D eigenvalue weighted by Gasteiger charge is 2.07. The van der Waals surface area contributed by atoms with Crippen LogP contribution in [0.25, 0.3) is 0 Å². The summed E-state index contributed by atoms with van der Waals surface area (Å²) in [6.07, 6.45) is 1.37. The molecule has 2 aromatic rings. The quantitative estimate of drug-likeness (QED) is 0.821. The van der Waals surface area contributed by atoms with Gasteiger partial charge in [0.05, 0.1) is 5.02 Å². The summed E-state index contributed by atoms with van der Waals surface area (Å²) in [5.74, 6) is -0.386. The molecule has 0 saturated heterocycles. The van der Waals surface area contributed by atoms with E-state index >= 15 is 0 Å². The van der Waals surface area contributed by atoms with Crippen molar-refractivity contribution >= 4 is 11.6 Å². The SMILES string of the molecule is N#Cc1ccnc(Oc2cc(F)ccc2Cl)n1. The number of ether oxygens (including phenoxy) is 1. The first-order valence-corrected chi connectivity index (χ1v) is 4.93. The molecule has 0 spiro atoms. The standard InChI is InChI=1S/C11H5ClFN3O/c12-9-2-1-7(13)5-10(9)17-11-15-4-3-8(6-14)16-11/h1-5H. The van der Waals surface area contributed by atoms with Gasteiger partial charge in [0.15, 0.2) is 5.75 Å². The Morgan fingerprint density at radius 1 is 1.35 bits per heavy atom. The van der Waals surface area contributed by atoms with Crippen LogP contribution in [0, 0.1) is 17.1 Å². The van der Waals surface area contributed by atoms with E-state index in [1.54, 1.807) is 0 Å². The predicted octanol–water partition coefficient (Wildman–Crippen LogP) is 2.93. The highest BCUT2D eigenvalue weighted by atomic mass is 35.5. The Balaban J connectivity index is 2.31. The lowest BCUT2D eigenvalue weighted by Gasteiger charge is -2.05. The number of aromatic nitrogens is 2. The van der Waals surface area contributed by atoms with Crippen LogP contribution in [0.2, 0.25) is 5.02 Å². The topological polar surface area (TPSA) is 58.8 Å². The molecule has 1 aromatic carbocycles. The summed E-state index contributed by atoms with van der Waals surface area (Å²) in [5, 5.41) is 8.88. The lowest BCUT2D eigenvalue weighted by molar-refractivity contribution is 0.437. The van der Waals surface area contributed by atoms with E-state index < -0.39 is 5.82 Å². The number of hydrogen-bond donors (Lipinski definition) is 0. The van der Waals surface area contributed by atoms with Crippen LogP contribution >= 0.6 is 11.6 Å². The fourth-order valence-electron chi connectivity index (χ4n) is 1.11. The Labute approximate surface area is 101 Å². The molecule has 0 saturated carbocycles. The molecule has 4 nitrogen and oxygen atoms in total. The van der Waals surface area contributed by atoms with Crippen molar-refractivity contribution in [1.29, 1.82) is 5.26 Å². The summed E-state index contributed by atoms with van der Waals surface area (Å²) in [6.45, 7) is 0. The van der Waals surface area contributed by atoms with Crippen molar-refractivity contribution in [2.24, 2.45) is 0 Å². The number of benzene rings is 1. The van der Waals surface area contributed by atoms with Crippen LogP contribution in [0.15, 0.2) is 30.5 Å². The lowest BCUT2D eigenvalue weighted by Crippen LogP contribution is -1.94. The molecule has 0 aliphatic heterocycles. The molecule has 0 amide bonds. The molecule has 17 heavy (non-hydrogen) atoms. The van der Waals surface area contributed by atoms with Crippen LogP contribution in [0.1, 0.15) is 5.69 Å². The maximum absolute atomic E-state index is 13.0. The Morgan fingerprint density at radius 2 is 2.18 bits per heavy atom. The van der Waals surface area contributed by atoms with Crippen molar-refractivity contribution in [1.82, 2.24) is 9.97 Å². The number of hydrogen-bond acceptors (Lipinski definition) is 4. The van der Waals surface area contributed by atoms with Gasteiger partial charge in [-0.25, -0.2) is 9.37 Å². The lowest BCUT2D eigenvalue weighted by atomic mass is 10.3. The fraction of sp³-hybridized carbons (Fsp3) is 0. The zero-order chi connectivity index (χ0) is 12.3. The number of nitriles is 1. The summed E-state index contributed by atoms with van der Waals surface area (Å²) in [4.78, 5) is 7.57. The summed E-state index contributed by atoms with van der Waals surface area (Å²) >= 11 is 5.81. The summed E-state index contributed by atoms with van der Waals surface area (Å²) < 4.78 is 18.2. The van der Waals surface area contributed by atoms with E-state index in [0.29, 0.717) is 0 Å². The van der Waals surface area contributed by atoms with Gasteiger partial charge in [-0.1, -0.05) is 11.6 Å². The van der Waals surface area contributed by atoms with E-state index in [1.807, 2.05) is 6.07 Å². The van der Waals surface area contributed by atoms with E-state index in [0.717, 1.165) is 6.07 Å². The summed E-state index contributed by atoms with van der Waals surface area (Å²) in [5.41, 5.74) is 0.155. The minimum atomic E-state index is -0.485. The van der Waals surface area contributed by atoms with Crippen molar-refractivity contribution < 1.29 is 9.13 Å². The zero-order valence-corrected chi connectivity index (χ0v) is 9.15. The highest BCUT2D eigenvalue weighted by Crippen LogP contribution is 2.28. The molecule has 0 fully saturated rings. The van der Waals surface area contributed by atoms with Crippen molar-refractivity contribution in [3.63, 3.8) is 0 Å². The summed E-state index contributed by atoms with van der Waals surface area (Å²) in [6, 6.07) is 6.90. The number of halogens is 2. The van der Waals surface area contributed by atoms with E-state index in [2.05, 4.69) is 9.97 Å². The van der Waals surface area contributed by atoms with Gasteiger partial charge in [0.2, 0.25) is 0 Å². The van der Waals surface area contributed by atoms with Gasteiger partial charge in [-0.05, 0) is 18.2 Å². The van der Waals surface area contributed by atoms with Gasteiger partial charge < -0.3 is 4.74 Å².